The lowest BCUT2D eigenvalue weighted by Crippen LogP contribution is -2.50. The Labute approximate surface area is 135 Å². The zero-order valence-electron chi connectivity index (χ0n) is 13.7. The highest BCUT2D eigenvalue weighted by atomic mass is 16.5. The second kappa shape index (κ2) is 7.26. The van der Waals surface area contributed by atoms with Crippen molar-refractivity contribution in [1.29, 1.82) is 0 Å². The van der Waals surface area contributed by atoms with Gasteiger partial charge in [0.1, 0.15) is 5.76 Å². The smallest absolute Gasteiger partial charge is 0.225 e. The number of hydrogen-bond acceptors (Lipinski definition) is 5. The molecule has 0 aliphatic carbocycles. The lowest BCUT2D eigenvalue weighted by molar-refractivity contribution is -0.138. The summed E-state index contributed by atoms with van der Waals surface area (Å²) >= 11 is 0. The number of piperazine rings is 1. The molecule has 2 rings (SSSR count). The Bertz CT molecular complexity index is 590. The normalized spacial score (nSPS) is 14.7. The summed E-state index contributed by atoms with van der Waals surface area (Å²) < 4.78 is 4.98. The molecule has 0 bridgehead atoms. The first kappa shape index (κ1) is 17.0. The van der Waals surface area contributed by atoms with Gasteiger partial charge >= 0.3 is 0 Å². The fourth-order valence-electron chi connectivity index (χ4n) is 2.55. The van der Waals surface area contributed by atoms with E-state index in [1.165, 1.54) is 18.7 Å². The molecule has 0 spiro atoms. The molecule has 0 unspecified atom stereocenters. The quantitative estimate of drug-likeness (QED) is 0.801. The predicted octanol–water partition coefficient (Wildman–Crippen LogP) is 0.417. The third-order valence-electron chi connectivity index (χ3n) is 3.90. The number of hydrogen-bond donors (Lipinski definition) is 0. The topological polar surface area (TPSA) is 87.0 Å². The number of rotatable bonds is 4. The molecular weight excluding hydrogens is 300 g/mol. The Morgan fingerprint density at radius 1 is 1.17 bits per heavy atom. The summed E-state index contributed by atoms with van der Waals surface area (Å²) in [6, 6.07) is 1.66. The zero-order chi connectivity index (χ0) is 17.0. The van der Waals surface area contributed by atoms with Gasteiger partial charge in [0.15, 0.2) is 5.82 Å². The molecule has 3 amide bonds. The number of nitrogens with zero attached hydrogens (tertiary/aromatic N) is 4. The largest absolute Gasteiger partial charge is 0.360 e. The van der Waals surface area contributed by atoms with Crippen LogP contribution in [0.4, 0.5) is 5.82 Å². The van der Waals surface area contributed by atoms with Crippen molar-refractivity contribution in [3.05, 3.63) is 11.8 Å². The summed E-state index contributed by atoms with van der Waals surface area (Å²) in [5, 5.41) is 3.82. The van der Waals surface area contributed by atoms with Crippen LogP contribution in [0.1, 0.15) is 26.0 Å². The molecule has 1 saturated heterocycles. The number of carbonyl (C=O) groups excluding carboxylic acids is 3. The molecule has 23 heavy (non-hydrogen) atoms. The molecule has 0 aromatic carbocycles. The van der Waals surface area contributed by atoms with Gasteiger partial charge in [0, 0.05) is 59.1 Å². The molecule has 0 atom stereocenters. The minimum absolute atomic E-state index is 0.0281. The first-order valence-corrected chi connectivity index (χ1v) is 7.63. The first-order valence-electron chi connectivity index (χ1n) is 7.63. The summed E-state index contributed by atoms with van der Waals surface area (Å²) in [4.78, 5) is 40.2. The second-order valence-electron chi connectivity index (χ2n) is 5.60. The highest BCUT2D eigenvalue weighted by molar-refractivity contribution is 5.91. The molecule has 8 nitrogen and oxygen atoms in total. The van der Waals surface area contributed by atoms with Gasteiger partial charge in [-0.25, -0.2) is 0 Å². The number of carbonyl (C=O) groups is 3. The highest BCUT2D eigenvalue weighted by Gasteiger charge is 2.23. The molecule has 0 radical (unpaired) electrons. The molecular formula is C15H22N4O4. The lowest BCUT2D eigenvalue weighted by Gasteiger charge is -2.34. The lowest BCUT2D eigenvalue weighted by atomic mass is 10.2. The maximum atomic E-state index is 12.3. The SMILES string of the molecule is CC(=O)N1CCN(C(=O)CCN(C(C)=O)c2cc(C)on2)CC1. The van der Waals surface area contributed by atoms with Gasteiger partial charge in [-0.05, 0) is 6.92 Å². The van der Waals surface area contributed by atoms with Crippen LogP contribution in [0, 0.1) is 6.92 Å². The van der Waals surface area contributed by atoms with E-state index in [2.05, 4.69) is 5.16 Å². The molecule has 126 valence electrons. The van der Waals surface area contributed by atoms with Crippen LogP contribution in [-0.4, -0.2) is 65.4 Å². The van der Waals surface area contributed by atoms with Crippen LogP contribution in [-0.2, 0) is 14.4 Å². The Morgan fingerprint density at radius 2 is 1.78 bits per heavy atom. The summed E-state index contributed by atoms with van der Waals surface area (Å²) in [5.74, 6) is 0.843. The molecule has 8 heteroatoms. The van der Waals surface area contributed by atoms with Crippen LogP contribution in [0.3, 0.4) is 0 Å². The van der Waals surface area contributed by atoms with Gasteiger partial charge in [-0.1, -0.05) is 5.16 Å². The van der Waals surface area contributed by atoms with Crippen molar-refractivity contribution in [2.75, 3.05) is 37.6 Å². The fourth-order valence-corrected chi connectivity index (χ4v) is 2.55. The third-order valence-corrected chi connectivity index (χ3v) is 3.90. The van der Waals surface area contributed by atoms with E-state index < -0.39 is 0 Å². The van der Waals surface area contributed by atoms with Gasteiger partial charge in [0.05, 0.1) is 0 Å². The number of aromatic nitrogens is 1. The van der Waals surface area contributed by atoms with Gasteiger partial charge in [-0.15, -0.1) is 0 Å². The van der Waals surface area contributed by atoms with E-state index in [1.54, 1.807) is 22.8 Å². The standard InChI is InChI=1S/C15H22N4O4/c1-11-10-14(16-23-11)19(13(3)21)5-4-15(22)18-8-6-17(7-9-18)12(2)20/h10H,4-9H2,1-3H3. The van der Waals surface area contributed by atoms with Crippen molar-refractivity contribution < 1.29 is 18.9 Å². The van der Waals surface area contributed by atoms with Gasteiger partial charge in [0.2, 0.25) is 17.7 Å². The Morgan fingerprint density at radius 3 is 2.26 bits per heavy atom. The Kier molecular flexibility index (Phi) is 5.36. The summed E-state index contributed by atoms with van der Waals surface area (Å²) in [6.07, 6.45) is 0.214. The number of anilines is 1. The molecule has 0 N–H and O–H groups in total. The summed E-state index contributed by atoms with van der Waals surface area (Å²) in [6.45, 7) is 7.13. The van der Waals surface area contributed by atoms with Crippen LogP contribution in [0.25, 0.3) is 0 Å². The first-order chi connectivity index (χ1) is 10.9. The van der Waals surface area contributed by atoms with Crippen molar-refractivity contribution in [1.82, 2.24) is 15.0 Å². The van der Waals surface area contributed by atoms with E-state index >= 15 is 0 Å². The van der Waals surface area contributed by atoms with E-state index in [0.717, 1.165) is 0 Å². The van der Waals surface area contributed by atoms with E-state index in [-0.39, 0.29) is 30.7 Å². The average Bonchev–Trinajstić information content (AvgIpc) is 2.93. The number of amides is 3. The van der Waals surface area contributed by atoms with Crippen molar-refractivity contribution in [3.8, 4) is 0 Å². The van der Waals surface area contributed by atoms with Crippen LogP contribution < -0.4 is 4.90 Å². The van der Waals surface area contributed by atoms with Crippen LogP contribution in [0.2, 0.25) is 0 Å². The van der Waals surface area contributed by atoms with Gasteiger partial charge in [-0.3, -0.25) is 19.3 Å². The van der Waals surface area contributed by atoms with E-state index in [0.29, 0.717) is 37.8 Å². The second-order valence-corrected chi connectivity index (χ2v) is 5.60. The van der Waals surface area contributed by atoms with Crippen molar-refractivity contribution >= 4 is 23.5 Å². The molecule has 1 aliphatic heterocycles. The molecule has 1 aromatic rings. The minimum atomic E-state index is -0.188. The van der Waals surface area contributed by atoms with Gasteiger partial charge in [0.25, 0.3) is 0 Å². The number of aryl methyl sites for hydroxylation is 1. The van der Waals surface area contributed by atoms with E-state index in [9.17, 15) is 14.4 Å². The maximum Gasteiger partial charge on any atom is 0.225 e. The molecule has 2 heterocycles. The van der Waals surface area contributed by atoms with E-state index in [1.807, 2.05) is 0 Å². The third kappa shape index (κ3) is 4.30. The van der Waals surface area contributed by atoms with Crippen LogP contribution >= 0.6 is 0 Å². The molecule has 1 aliphatic rings. The van der Waals surface area contributed by atoms with Crippen molar-refractivity contribution in [3.63, 3.8) is 0 Å². The monoisotopic (exact) mass is 322 g/mol. The zero-order valence-corrected chi connectivity index (χ0v) is 13.7. The Balaban J connectivity index is 1.87. The summed E-state index contributed by atoms with van der Waals surface area (Å²) in [5.41, 5.74) is 0. The predicted molar refractivity (Wildman–Crippen MR) is 82.7 cm³/mol. The summed E-state index contributed by atoms with van der Waals surface area (Å²) in [7, 11) is 0. The van der Waals surface area contributed by atoms with Gasteiger partial charge in [-0.2, -0.15) is 0 Å². The van der Waals surface area contributed by atoms with Crippen LogP contribution in [0.5, 0.6) is 0 Å². The molecule has 1 aromatic heterocycles. The van der Waals surface area contributed by atoms with Crippen LogP contribution in [0.15, 0.2) is 10.6 Å². The minimum Gasteiger partial charge on any atom is -0.360 e. The maximum absolute atomic E-state index is 12.3. The van der Waals surface area contributed by atoms with Crippen molar-refractivity contribution in [2.24, 2.45) is 0 Å². The molecule has 1 fully saturated rings. The fraction of sp³-hybridized carbons (Fsp3) is 0.600. The van der Waals surface area contributed by atoms with Gasteiger partial charge < -0.3 is 14.3 Å². The average molecular weight is 322 g/mol. The highest BCUT2D eigenvalue weighted by Crippen LogP contribution is 2.15. The Hall–Kier alpha value is -2.38. The molecule has 0 saturated carbocycles. The van der Waals surface area contributed by atoms with Crippen molar-refractivity contribution in [2.45, 2.75) is 27.2 Å². The van der Waals surface area contributed by atoms with E-state index in [4.69, 9.17) is 4.52 Å².